The molecule has 0 bridgehead atoms. The second-order valence-electron chi connectivity index (χ2n) is 9.63. The molecule has 1 amide bonds. The van der Waals surface area contributed by atoms with Crippen molar-refractivity contribution in [1.29, 1.82) is 0 Å². The largest absolute Gasteiger partial charge is 0.486 e. The van der Waals surface area contributed by atoms with Crippen LogP contribution in [0.2, 0.25) is 0 Å². The van der Waals surface area contributed by atoms with Crippen LogP contribution in [0.15, 0.2) is 53.6 Å². The first-order valence-corrected chi connectivity index (χ1v) is 12.8. The molecule has 6 nitrogen and oxygen atoms in total. The van der Waals surface area contributed by atoms with E-state index in [1.54, 1.807) is 36.4 Å². The Morgan fingerprint density at radius 3 is 2.72 bits per heavy atom. The number of fused-ring (bicyclic) bond motifs is 1. The standard InChI is InChI=1S/C27H33ClF2N2O4/c1-18-14-20(6-2-3-7-21(28)15-18)27(29,30)26(34)31-22(17-32-10-4-5-11-32)25(33)19-8-9-23-24(16-19)36-13-12-35-23/h3,7-9,15-16,20,22,25,33H,1-2,4-6,10-14,17H2,(H,31,34)/b7-3-,21-15+/t20?,22-,25-/m1/s1. The summed E-state index contributed by atoms with van der Waals surface area (Å²) in [7, 11) is 0. The normalized spacial score (nSPS) is 25.1. The maximum Gasteiger partial charge on any atom is 0.327 e. The Balaban J connectivity index is 1.53. The number of allylic oxidation sites excluding steroid dienone is 5. The summed E-state index contributed by atoms with van der Waals surface area (Å²) in [5, 5.41) is 14.1. The van der Waals surface area contributed by atoms with Crippen LogP contribution >= 0.6 is 11.6 Å². The van der Waals surface area contributed by atoms with Gasteiger partial charge in [0.05, 0.1) is 6.04 Å². The van der Waals surface area contributed by atoms with E-state index in [1.807, 2.05) is 0 Å². The van der Waals surface area contributed by atoms with Crippen LogP contribution in [0.4, 0.5) is 8.78 Å². The van der Waals surface area contributed by atoms with E-state index in [-0.39, 0.29) is 19.4 Å². The topological polar surface area (TPSA) is 71.0 Å². The van der Waals surface area contributed by atoms with E-state index in [4.69, 9.17) is 21.1 Å². The molecule has 36 heavy (non-hydrogen) atoms. The molecular formula is C27H33ClF2N2O4. The van der Waals surface area contributed by atoms with Gasteiger partial charge in [-0.05, 0) is 75.0 Å². The summed E-state index contributed by atoms with van der Waals surface area (Å²) >= 11 is 6.07. The highest BCUT2D eigenvalue weighted by molar-refractivity contribution is 6.31. The smallest absolute Gasteiger partial charge is 0.327 e. The van der Waals surface area contributed by atoms with Gasteiger partial charge in [-0.15, -0.1) is 0 Å². The Morgan fingerprint density at radius 1 is 1.25 bits per heavy atom. The molecular weight excluding hydrogens is 490 g/mol. The van der Waals surface area contributed by atoms with Gasteiger partial charge in [-0.25, -0.2) is 0 Å². The number of hydrogen-bond acceptors (Lipinski definition) is 5. The minimum Gasteiger partial charge on any atom is -0.486 e. The number of benzene rings is 1. The number of aliphatic hydroxyl groups is 1. The number of hydrogen-bond donors (Lipinski definition) is 2. The molecule has 0 spiro atoms. The third-order valence-electron chi connectivity index (χ3n) is 6.88. The number of nitrogens with zero attached hydrogens (tertiary/aromatic N) is 1. The zero-order chi connectivity index (χ0) is 25.7. The third kappa shape index (κ3) is 6.47. The van der Waals surface area contributed by atoms with Gasteiger partial charge in [-0.2, -0.15) is 8.78 Å². The summed E-state index contributed by atoms with van der Waals surface area (Å²) in [4.78, 5) is 15.1. The molecule has 0 aromatic heterocycles. The second kappa shape index (κ2) is 11.8. The lowest BCUT2D eigenvalue weighted by Gasteiger charge is -2.32. The van der Waals surface area contributed by atoms with Gasteiger partial charge >= 0.3 is 5.92 Å². The lowest BCUT2D eigenvalue weighted by molar-refractivity contribution is -0.156. The van der Waals surface area contributed by atoms with E-state index >= 15 is 8.78 Å². The molecule has 2 N–H and O–H groups in total. The highest BCUT2D eigenvalue weighted by atomic mass is 35.5. The Bertz CT molecular complexity index is 1020. The van der Waals surface area contributed by atoms with Crippen LogP contribution in [0.5, 0.6) is 11.5 Å². The monoisotopic (exact) mass is 522 g/mol. The van der Waals surface area contributed by atoms with Gasteiger partial charge in [0.25, 0.3) is 5.91 Å². The highest BCUT2D eigenvalue weighted by Gasteiger charge is 2.48. The summed E-state index contributed by atoms with van der Waals surface area (Å²) in [6.07, 6.45) is 6.11. The Hall–Kier alpha value is -2.42. The van der Waals surface area contributed by atoms with Crippen LogP contribution in [0.25, 0.3) is 0 Å². The number of alkyl halides is 2. The van der Waals surface area contributed by atoms with Crippen molar-refractivity contribution in [2.24, 2.45) is 5.92 Å². The first kappa shape index (κ1) is 26.6. The van der Waals surface area contributed by atoms with Crippen LogP contribution in [-0.2, 0) is 4.79 Å². The molecule has 1 aliphatic carbocycles. The van der Waals surface area contributed by atoms with Crippen molar-refractivity contribution in [3.05, 3.63) is 59.2 Å². The van der Waals surface area contributed by atoms with Gasteiger partial charge in [0, 0.05) is 17.5 Å². The number of amides is 1. The number of aliphatic hydroxyl groups excluding tert-OH is 1. The number of carbonyl (C=O) groups is 1. The summed E-state index contributed by atoms with van der Waals surface area (Å²) in [5.74, 6) is -5.24. The molecule has 1 aromatic rings. The average Bonchev–Trinajstić information content (AvgIpc) is 3.39. The average molecular weight is 523 g/mol. The fourth-order valence-electron chi connectivity index (χ4n) is 4.92. The van der Waals surface area contributed by atoms with E-state index < -0.39 is 29.9 Å². The van der Waals surface area contributed by atoms with Gasteiger partial charge in [0.15, 0.2) is 11.5 Å². The number of rotatable bonds is 7. The zero-order valence-corrected chi connectivity index (χ0v) is 21.0. The molecule has 9 heteroatoms. The van der Waals surface area contributed by atoms with Crippen LogP contribution in [0.3, 0.4) is 0 Å². The molecule has 1 fully saturated rings. The van der Waals surface area contributed by atoms with Crippen LogP contribution in [0.1, 0.15) is 43.8 Å². The van der Waals surface area contributed by atoms with E-state index in [0.29, 0.717) is 47.3 Å². The molecule has 1 aromatic carbocycles. The third-order valence-corrected chi connectivity index (χ3v) is 7.12. The van der Waals surface area contributed by atoms with Crippen molar-refractivity contribution in [2.75, 3.05) is 32.8 Å². The number of likely N-dealkylation sites (tertiary alicyclic amines) is 1. The zero-order valence-electron chi connectivity index (χ0n) is 20.2. The fourth-order valence-corrected chi connectivity index (χ4v) is 5.16. The summed E-state index contributed by atoms with van der Waals surface area (Å²) in [6, 6.07) is 4.07. The van der Waals surface area contributed by atoms with Gasteiger partial charge in [0.2, 0.25) is 0 Å². The SMILES string of the molecule is C=C1/C=C(Cl)\C=C/CCC(C(F)(F)C(=O)N[C@H](CN2CCCC2)[C@H](O)c2ccc3c(c2)OCCO3)C1. The van der Waals surface area contributed by atoms with Crippen LogP contribution in [0, 0.1) is 5.92 Å². The first-order chi connectivity index (χ1) is 17.2. The maximum atomic E-state index is 15.5. The van der Waals surface area contributed by atoms with Gasteiger partial charge in [0.1, 0.15) is 19.3 Å². The quantitative estimate of drug-likeness (QED) is 0.541. The van der Waals surface area contributed by atoms with E-state index in [0.717, 1.165) is 25.9 Å². The number of ether oxygens (including phenoxy) is 2. The summed E-state index contributed by atoms with van der Waals surface area (Å²) < 4.78 is 42.2. The lowest BCUT2D eigenvalue weighted by Crippen LogP contribution is -2.53. The molecule has 0 saturated carbocycles. The molecule has 0 radical (unpaired) electrons. The molecule has 1 unspecified atom stereocenters. The number of nitrogens with one attached hydrogen (secondary N) is 1. The highest BCUT2D eigenvalue weighted by Crippen LogP contribution is 2.37. The lowest BCUT2D eigenvalue weighted by atomic mass is 9.88. The fraction of sp³-hybridized carbons (Fsp3) is 0.519. The van der Waals surface area contributed by atoms with Crippen molar-refractivity contribution in [2.45, 2.75) is 50.2 Å². The van der Waals surface area contributed by atoms with Gasteiger partial charge in [-0.3, -0.25) is 4.79 Å². The number of halogens is 3. The summed E-state index contributed by atoms with van der Waals surface area (Å²) in [6.45, 7) is 6.49. The van der Waals surface area contributed by atoms with E-state index in [2.05, 4.69) is 16.8 Å². The predicted molar refractivity (Wildman–Crippen MR) is 135 cm³/mol. The number of carbonyl (C=O) groups excluding carboxylic acids is 1. The Morgan fingerprint density at radius 2 is 1.97 bits per heavy atom. The summed E-state index contributed by atoms with van der Waals surface area (Å²) in [5.41, 5.74) is 0.904. The van der Waals surface area contributed by atoms with Crippen molar-refractivity contribution in [3.63, 3.8) is 0 Å². The van der Waals surface area contributed by atoms with Gasteiger partial charge in [-0.1, -0.05) is 35.9 Å². The molecule has 2 heterocycles. The van der Waals surface area contributed by atoms with Crippen LogP contribution in [-0.4, -0.2) is 60.7 Å². The maximum absolute atomic E-state index is 15.5. The van der Waals surface area contributed by atoms with Crippen molar-refractivity contribution >= 4 is 17.5 Å². The van der Waals surface area contributed by atoms with Crippen LogP contribution < -0.4 is 14.8 Å². The Labute approximate surface area is 215 Å². The molecule has 4 rings (SSSR count). The second-order valence-corrected chi connectivity index (χ2v) is 10.1. The molecule has 3 atom stereocenters. The van der Waals surface area contributed by atoms with Gasteiger partial charge < -0.3 is 24.8 Å². The molecule has 1 saturated heterocycles. The molecule has 2 aliphatic heterocycles. The van der Waals surface area contributed by atoms with Crippen molar-refractivity contribution < 1.29 is 28.2 Å². The van der Waals surface area contributed by atoms with E-state index in [1.165, 1.54) is 0 Å². The minimum atomic E-state index is -3.66. The van der Waals surface area contributed by atoms with Crippen molar-refractivity contribution in [1.82, 2.24) is 10.2 Å². The predicted octanol–water partition coefficient (Wildman–Crippen LogP) is 4.74. The molecule has 196 valence electrons. The first-order valence-electron chi connectivity index (χ1n) is 12.4. The Kier molecular flexibility index (Phi) is 8.70. The minimum absolute atomic E-state index is 0.0557. The van der Waals surface area contributed by atoms with E-state index in [9.17, 15) is 9.90 Å². The molecule has 3 aliphatic rings. The van der Waals surface area contributed by atoms with Crippen molar-refractivity contribution in [3.8, 4) is 11.5 Å².